The third-order valence-corrected chi connectivity index (χ3v) is 3.33. The molecule has 1 rings (SSSR count). The molecule has 4 nitrogen and oxygen atoms in total. The summed E-state index contributed by atoms with van der Waals surface area (Å²) in [4.78, 5) is 0. The first-order valence-corrected chi connectivity index (χ1v) is 6.22. The molecule has 1 atom stereocenters. The van der Waals surface area contributed by atoms with E-state index in [1.807, 2.05) is 0 Å². The van der Waals surface area contributed by atoms with E-state index in [1.165, 1.54) is 0 Å². The Morgan fingerprint density at radius 1 is 1.28 bits per heavy atom. The van der Waals surface area contributed by atoms with Crippen molar-refractivity contribution in [2.24, 2.45) is 16.8 Å². The molecule has 1 saturated carbocycles. The third kappa shape index (κ3) is 4.72. The molecule has 1 fully saturated rings. The summed E-state index contributed by atoms with van der Waals surface area (Å²) in [6, 6.07) is 0.101. The molecular weight excluding hydrogens is 247 g/mol. The number of nitrogens with two attached hydrogens (primary N) is 1. The van der Waals surface area contributed by atoms with Gasteiger partial charge in [0.05, 0.1) is 0 Å². The topological polar surface area (TPSA) is 70.6 Å². The molecule has 106 valence electrons. The van der Waals surface area contributed by atoms with E-state index >= 15 is 0 Å². The zero-order chi connectivity index (χ0) is 13.6. The van der Waals surface area contributed by atoms with Gasteiger partial charge in [-0.15, -0.1) is 0 Å². The largest absolute Gasteiger partial charge is 0.409 e. The zero-order valence-corrected chi connectivity index (χ0v) is 10.2. The van der Waals surface area contributed by atoms with E-state index in [4.69, 9.17) is 10.9 Å². The van der Waals surface area contributed by atoms with Gasteiger partial charge in [-0.3, -0.25) is 0 Å². The van der Waals surface area contributed by atoms with Crippen LogP contribution in [0, 0.1) is 5.92 Å². The Morgan fingerprint density at radius 2 is 1.83 bits per heavy atom. The van der Waals surface area contributed by atoms with Crippen LogP contribution in [0.2, 0.25) is 0 Å². The molecule has 0 amide bonds. The highest BCUT2D eigenvalue weighted by molar-refractivity contribution is 5.83. The van der Waals surface area contributed by atoms with Crippen molar-refractivity contribution >= 4 is 5.84 Å². The fraction of sp³-hybridized carbons (Fsp3) is 0.909. The van der Waals surface area contributed by atoms with Crippen molar-refractivity contribution in [3.63, 3.8) is 0 Å². The summed E-state index contributed by atoms with van der Waals surface area (Å²) in [5.74, 6) is -2.71. The van der Waals surface area contributed by atoms with Gasteiger partial charge in [0, 0.05) is 12.6 Å². The van der Waals surface area contributed by atoms with Gasteiger partial charge in [-0.25, -0.2) is 0 Å². The van der Waals surface area contributed by atoms with Gasteiger partial charge in [0.15, 0.2) is 5.84 Å². The predicted octanol–water partition coefficient (Wildman–Crippen LogP) is 2.22. The van der Waals surface area contributed by atoms with Gasteiger partial charge in [-0.1, -0.05) is 30.8 Å². The summed E-state index contributed by atoms with van der Waals surface area (Å²) < 4.78 is 38.0. The summed E-state index contributed by atoms with van der Waals surface area (Å²) in [5.41, 5.74) is 5.09. The first kappa shape index (κ1) is 15.1. The van der Waals surface area contributed by atoms with Crippen LogP contribution in [0.25, 0.3) is 0 Å². The molecule has 1 unspecified atom stereocenters. The van der Waals surface area contributed by atoms with Crippen LogP contribution in [0.4, 0.5) is 13.2 Å². The summed E-state index contributed by atoms with van der Waals surface area (Å²) >= 11 is 0. The van der Waals surface area contributed by atoms with Crippen LogP contribution in [-0.2, 0) is 0 Å². The fourth-order valence-corrected chi connectivity index (χ4v) is 2.23. The van der Waals surface area contributed by atoms with E-state index in [-0.39, 0.29) is 12.6 Å². The fourth-order valence-electron chi connectivity index (χ4n) is 2.23. The number of oxime groups is 1. The lowest BCUT2D eigenvalue weighted by atomic mass is 10.1. The first-order chi connectivity index (χ1) is 8.45. The second-order valence-corrected chi connectivity index (χ2v) is 4.72. The van der Waals surface area contributed by atoms with Gasteiger partial charge < -0.3 is 16.3 Å². The van der Waals surface area contributed by atoms with Crippen molar-refractivity contribution < 1.29 is 18.4 Å². The normalized spacial score (nSPS) is 21.6. The maximum absolute atomic E-state index is 12.7. The molecule has 0 bridgehead atoms. The number of alkyl halides is 3. The van der Waals surface area contributed by atoms with Crippen molar-refractivity contribution in [1.82, 2.24) is 5.32 Å². The Bertz CT molecular complexity index is 273. The summed E-state index contributed by atoms with van der Waals surface area (Å²) in [5, 5.41) is 13.7. The standard InChI is InChI=1S/C11H20F3N3O/c12-11(13,14)9(10(15)17-18)7-16-8-5-3-1-2-4-6-8/h8-9,16,18H,1-7H2,(H2,15,17). The first-order valence-electron chi connectivity index (χ1n) is 6.22. The van der Waals surface area contributed by atoms with E-state index < -0.39 is 17.9 Å². The minimum absolute atomic E-state index is 0.101. The molecule has 0 aromatic heterocycles. The molecule has 0 aromatic rings. The smallest absolute Gasteiger partial charge is 0.400 e. The summed E-state index contributed by atoms with van der Waals surface area (Å²) in [7, 11) is 0. The Labute approximate surface area is 104 Å². The van der Waals surface area contributed by atoms with E-state index in [1.54, 1.807) is 0 Å². The molecule has 0 spiro atoms. The SMILES string of the molecule is NC(=NO)C(CNC1CCCCCC1)C(F)(F)F. The van der Waals surface area contributed by atoms with Crippen molar-refractivity contribution in [3.8, 4) is 0 Å². The van der Waals surface area contributed by atoms with Crippen LogP contribution >= 0.6 is 0 Å². The van der Waals surface area contributed by atoms with E-state index in [0.29, 0.717) is 0 Å². The van der Waals surface area contributed by atoms with Crippen LogP contribution in [0.3, 0.4) is 0 Å². The van der Waals surface area contributed by atoms with Crippen molar-refractivity contribution in [1.29, 1.82) is 0 Å². The molecular formula is C11H20F3N3O. The minimum Gasteiger partial charge on any atom is -0.409 e. The van der Waals surface area contributed by atoms with E-state index in [2.05, 4.69) is 10.5 Å². The maximum atomic E-state index is 12.7. The summed E-state index contributed by atoms with van der Waals surface area (Å²) in [6.45, 7) is -0.329. The molecule has 4 N–H and O–H groups in total. The number of nitrogens with zero attached hydrogens (tertiary/aromatic N) is 1. The minimum atomic E-state index is -4.49. The molecule has 0 heterocycles. The number of amidine groups is 1. The lowest BCUT2D eigenvalue weighted by molar-refractivity contribution is -0.155. The Kier molecular flexibility index (Phi) is 5.71. The Morgan fingerprint density at radius 3 is 2.28 bits per heavy atom. The Balaban J connectivity index is 2.51. The lowest BCUT2D eigenvalue weighted by Crippen LogP contribution is -2.45. The maximum Gasteiger partial charge on any atom is 0.400 e. The molecule has 1 aliphatic rings. The van der Waals surface area contributed by atoms with Crippen LogP contribution in [0.1, 0.15) is 38.5 Å². The van der Waals surface area contributed by atoms with E-state index in [0.717, 1.165) is 38.5 Å². The van der Waals surface area contributed by atoms with Crippen LogP contribution < -0.4 is 11.1 Å². The number of halogens is 3. The second-order valence-electron chi connectivity index (χ2n) is 4.72. The highest BCUT2D eigenvalue weighted by Gasteiger charge is 2.42. The summed E-state index contributed by atoms with van der Waals surface area (Å²) in [6.07, 6.45) is 1.65. The number of hydrogen-bond donors (Lipinski definition) is 3. The number of hydrogen-bond acceptors (Lipinski definition) is 3. The average Bonchev–Trinajstić information content (AvgIpc) is 2.55. The van der Waals surface area contributed by atoms with Crippen LogP contribution in [0.5, 0.6) is 0 Å². The lowest BCUT2D eigenvalue weighted by Gasteiger charge is -2.23. The van der Waals surface area contributed by atoms with Gasteiger partial charge in [-0.2, -0.15) is 13.2 Å². The molecule has 0 aliphatic heterocycles. The van der Waals surface area contributed by atoms with Gasteiger partial charge >= 0.3 is 6.18 Å². The average molecular weight is 267 g/mol. The molecule has 0 aromatic carbocycles. The van der Waals surface area contributed by atoms with Crippen molar-refractivity contribution in [2.75, 3.05) is 6.54 Å². The van der Waals surface area contributed by atoms with Crippen molar-refractivity contribution in [2.45, 2.75) is 50.7 Å². The highest BCUT2D eigenvalue weighted by atomic mass is 19.4. The van der Waals surface area contributed by atoms with Gasteiger partial charge in [0.25, 0.3) is 0 Å². The number of rotatable bonds is 4. The van der Waals surface area contributed by atoms with Crippen LogP contribution in [-0.4, -0.2) is 29.8 Å². The molecule has 18 heavy (non-hydrogen) atoms. The predicted molar refractivity (Wildman–Crippen MR) is 62.4 cm³/mol. The zero-order valence-electron chi connectivity index (χ0n) is 10.2. The van der Waals surface area contributed by atoms with Gasteiger partial charge in [0.1, 0.15) is 5.92 Å². The third-order valence-electron chi connectivity index (χ3n) is 3.33. The number of nitrogens with one attached hydrogen (secondary N) is 1. The van der Waals surface area contributed by atoms with Gasteiger partial charge in [0.2, 0.25) is 0 Å². The molecule has 1 aliphatic carbocycles. The van der Waals surface area contributed by atoms with Gasteiger partial charge in [-0.05, 0) is 12.8 Å². The Hall–Kier alpha value is -0.980. The van der Waals surface area contributed by atoms with Crippen LogP contribution in [0.15, 0.2) is 5.16 Å². The van der Waals surface area contributed by atoms with E-state index in [9.17, 15) is 13.2 Å². The highest BCUT2D eigenvalue weighted by Crippen LogP contribution is 2.26. The second kappa shape index (κ2) is 6.82. The quantitative estimate of drug-likeness (QED) is 0.240. The molecule has 0 radical (unpaired) electrons. The van der Waals surface area contributed by atoms with Crippen molar-refractivity contribution in [3.05, 3.63) is 0 Å². The molecule has 0 saturated heterocycles. The monoisotopic (exact) mass is 267 g/mol. The molecule has 7 heteroatoms.